The Kier molecular flexibility index (Phi) is 10.8. The summed E-state index contributed by atoms with van der Waals surface area (Å²) in [5.41, 5.74) is 0.900. The molecule has 1 aliphatic carbocycles. The number of nitrogens with zero attached hydrogens (tertiary/aromatic N) is 2. The molecule has 0 spiro atoms. The fourth-order valence-electron chi connectivity index (χ4n) is 5.15. The van der Waals surface area contributed by atoms with Crippen molar-refractivity contribution < 1.29 is 22.7 Å². The number of carbonyl (C=O) groups excluding carboxylic acids is 2. The molecule has 1 fully saturated rings. The minimum absolute atomic E-state index is 0.00150. The van der Waals surface area contributed by atoms with Crippen molar-refractivity contribution in [3.05, 3.63) is 88.4 Å². The maximum atomic E-state index is 14.2. The van der Waals surface area contributed by atoms with Crippen molar-refractivity contribution in [1.29, 1.82) is 0 Å². The van der Waals surface area contributed by atoms with Crippen molar-refractivity contribution in [3.8, 4) is 5.75 Å². The Bertz CT molecular complexity index is 1460. The van der Waals surface area contributed by atoms with Gasteiger partial charge in [-0.25, -0.2) is 8.42 Å². The van der Waals surface area contributed by atoms with Crippen molar-refractivity contribution in [3.63, 3.8) is 0 Å². The quantitative estimate of drug-likeness (QED) is 0.262. The number of hydrogen-bond donors (Lipinski definition) is 1. The molecule has 0 aromatic heterocycles. The highest BCUT2D eigenvalue weighted by molar-refractivity contribution is 7.92. The predicted molar refractivity (Wildman–Crippen MR) is 165 cm³/mol. The van der Waals surface area contributed by atoms with E-state index in [0.717, 1.165) is 35.6 Å². The van der Waals surface area contributed by atoms with Crippen molar-refractivity contribution >= 4 is 50.7 Å². The number of benzene rings is 3. The van der Waals surface area contributed by atoms with E-state index in [0.29, 0.717) is 12.2 Å². The number of hydrogen-bond acceptors (Lipinski definition) is 5. The monoisotopic (exact) mass is 631 g/mol. The van der Waals surface area contributed by atoms with Gasteiger partial charge in [-0.3, -0.25) is 13.9 Å². The summed E-state index contributed by atoms with van der Waals surface area (Å²) in [7, 11) is -2.65. The van der Waals surface area contributed by atoms with Crippen LogP contribution in [0.2, 0.25) is 10.0 Å². The lowest BCUT2D eigenvalue weighted by Crippen LogP contribution is -2.53. The minimum atomic E-state index is -4.22. The Morgan fingerprint density at radius 3 is 2.17 bits per heavy atom. The molecule has 1 N–H and O–H groups in total. The highest BCUT2D eigenvalue weighted by atomic mass is 35.5. The fraction of sp³-hybridized carbons (Fsp3) is 0.355. The molecule has 1 unspecified atom stereocenters. The molecule has 11 heteroatoms. The summed E-state index contributed by atoms with van der Waals surface area (Å²) in [5, 5.41) is 3.54. The maximum Gasteiger partial charge on any atom is 0.264 e. The lowest BCUT2D eigenvalue weighted by Gasteiger charge is -2.34. The second kappa shape index (κ2) is 14.3. The second-order valence-corrected chi connectivity index (χ2v) is 13.0. The molecule has 0 radical (unpaired) electrons. The van der Waals surface area contributed by atoms with E-state index in [1.165, 1.54) is 35.2 Å². The topological polar surface area (TPSA) is 96.0 Å². The largest absolute Gasteiger partial charge is 0.497 e. The van der Waals surface area contributed by atoms with Crippen molar-refractivity contribution in [1.82, 2.24) is 10.2 Å². The van der Waals surface area contributed by atoms with E-state index in [2.05, 4.69) is 5.32 Å². The number of halogens is 2. The zero-order chi connectivity index (χ0) is 30.3. The zero-order valence-corrected chi connectivity index (χ0v) is 26.0. The fourth-order valence-corrected chi connectivity index (χ4v) is 7.08. The molecule has 1 saturated carbocycles. The number of sulfonamides is 1. The van der Waals surface area contributed by atoms with Crippen LogP contribution in [0.25, 0.3) is 0 Å². The van der Waals surface area contributed by atoms with Crippen LogP contribution in [0.1, 0.15) is 44.6 Å². The third-order valence-electron chi connectivity index (χ3n) is 7.34. The molecule has 3 aromatic carbocycles. The molecular weight excluding hydrogens is 597 g/mol. The number of rotatable bonds is 12. The van der Waals surface area contributed by atoms with Crippen LogP contribution in [0.15, 0.2) is 77.7 Å². The number of nitrogens with one attached hydrogen (secondary N) is 1. The van der Waals surface area contributed by atoms with Crippen LogP contribution >= 0.6 is 23.2 Å². The molecule has 0 bridgehead atoms. The van der Waals surface area contributed by atoms with Crippen LogP contribution in [0.3, 0.4) is 0 Å². The molecule has 2 amide bonds. The highest BCUT2D eigenvalue weighted by Gasteiger charge is 2.34. The Labute approximate surface area is 257 Å². The minimum Gasteiger partial charge on any atom is -0.497 e. The molecule has 0 aliphatic heterocycles. The lowest BCUT2D eigenvalue weighted by atomic mass is 10.1. The Morgan fingerprint density at radius 1 is 0.976 bits per heavy atom. The van der Waals surface area contributed by atoms with E-state index in [1.807, 2.05) is 19.1 Å². The molecule has 42 heavy (non-hydrogen) atoms. The van der Waals surface area contributed by atoms with Gasteiger partial charge in [0.2, 0.25) is 11.8 Å². The van der Waals surface area contributed by atoms with Crippen LogP contribution in [0.5, 0.6) is 5.75 Å². The first kappa shape index (κ1) is 31.7. The van der Waals surface area contributed by atoms with Crippen LogP contribution in [0, 0.1) is 0 Å². The van der Waals surface area contributed by atoms with E-state index < -0.39 is 28.5 Å². The normalized spacial score (nSPS) is 14.3. The van der Waals surface area contributed by atoms with Gasteiger partial charge in [-0.15, -0.1) is 0 Å². The summed E-state index contributed by atoms with van der Waals surface area (Å²) in [4.78, 5) is 29.2. The molecule has 3 aromatic rings. The molecular formula is C31H35Cl2N3O5S. The van der Waals surface area contributed by atoms with Gasteiger partial charge in [0.05, 0.1) is 17.7 Å². The first-order chi connectivity index (χ1) is 20.1. The molecule has 8 nitrogen and oxygen atoms in total. The summed E-state index contributed by atoms with van der Waals surface area (Å²) in [6.45, 7) is 1.36. The van der Waals surface area contributed by atoms with Crippen molar-refractivity contribution in [2.24, 2.45) is 0 Å². The van der Waals surface area contributed by atoms with Gasteiger partial charge in [0.15, 0.2) is 0 Å². The van der Waals surface area contributed by atoms with Gasteiger partial charge < -0.3 is 15.0 Å². The third kappa shape index (κ3) is 7.76. The number of anilines is 1. The molecule has 0 heterocycles. The number of carbonyl (C=O) groups is 2. The summed E-state index contributed by atoms with van der Waals surface area (Å²) in [5.74, 6) is -0.148. The Hall–Kier alpha value is -3.27. The first-order valence-corrected chi connectivity index (χ1v) is 16.1. The van der Waals surface area contributed by atoms with Crippen LogP contribution in [0.4, 0.5) is 5.69 Å². The summed E-state index contributed by atoms with van der Waals surface area (Å²) < 4.78 is 34.1. The van der Waals surface area contributed by atoms with E-state index in [1.54, 1.807) is 37.4 Å². The smallest absolute Gasteiger partial charge is 0.264 e. The summed E-state index contributed by atoms with van der Waals surface area (Å²) in [6, 6.07) is 18.6. The average molecular weight is 633 g/mol. The standard InChI is InChI=1S/C31H35Cl2N3O5S/c1-3-29(31(38)34-25-9-7-8-10-25)35(20-22-13-15-27(41-2)16-14-22)30(37)21-36(26-18-23(32)17-24(33)19-26)42(39,40)28-11-5-4-6-12-28/h4-6,11-19,25,29H,3,7-10,20-21H2,1-2H3,(H,34,38). The van der Waals surface area contributed by atoms with E-state index in [9.17, 15) is 18.0 Å². The van der Waals surface area contributed by atoms with E-state index in [-0.39, 0.29) is 39.1 Å². The molecule has 1 aliphatic rings. The van der Waals surface area contributed by atoms with E-state index >= 15 is 0 Å². The maximum absolute atomic E-state index is 14.2. The number of amides is 2. The van der Waals surface area contributed by atoms with Gasteiger partial charge in [-0.1, -0.05) is 73.3 Å². The SMILES string of the molecule is CCC(C(=O)NC1CCCC1)N(Cc1ccc(OC)cc1)C(=O)CN(c1cc(Cl)cc(Cl)c1)S(=O)(=O)c1ccccc1. The first-order valence-electron chi connectivity index (χ1n) is 13.9. The number of methoxy groups -OCH3 is 1. The Morgan fingerprint density at radius 2 is 1.60 bits per heavy atom. The van der Waals surface area contributed by atoms with Gasteiger partial charge in [-0.05, 0) is 67.3 Å². The van der Waals surface area contributed by atoms with Gasteiger partial charge in [0.25, 0.3) is 10.0 Å². The van der Waals surface area contributed by atoms with Crippen LogP contribution < -0.4 is 14.4 Å². The van der Waals surface area contributed by atoms with Crippen LogP contribution in [-0.4, -0.2) is 50.9 Å². The van der Waals surface area contributed by atoms with Gasteiger partial charge in [-0.2, -0.15) is 0 Å². The van der Waals surface area contributed by atoms with Crippen molar-refractivity contribution in [2.45, 2.75) is 62.6 Å². The summed E-state index contributed by atoms with van der Waals surface area (Å²) >= 11 is 12.5. The third-order valence-corrected chi connectivity index (χ3v) is 9.57. The highest BCUT2D eigenvalue weighted by Crippen LogP contribution is 2.30. The number of ether oxygens (including phenoxy) is 1. The zero-order valence-electron chi connectivity index (χ0n) is 23.6. The molecule has 224 valence electrons. The second-order valence-electron chi connectivity index (χ2n) is 10.2. The molecule has 4 rings (SSSR count). The molecule has 1 atom stereocenters. The summed E-state index contributed by atoms with van der Waals surface area (Å²) in [6.07, 6.45) is 4.23. The van der Waals surface area contributed by atoms with Gasteiger partial charge >= 0.3 is 0 Å². The van der Waals surface area contributed by atoms with Crippen LogP contribution in [-0.2, 0) is 26.2 Å². The van der Waals surface area contributed by atoms with Gasteiger partial charge in [0, 0.05) is 22.6 Å². The van der Waals surface area contributed by atoms with E-state index in [4.69, 9.17) is 27.9 Å². The predicted octanol–water partition coefficient (Wildman–Crippen LogP) is 6.06. The molecule has 0 saturated heterocycles. The lowest BCUT2D eigenvalue weighted by molar-refractivity contribution is -0.140. The van der Waals surface area contributed by atoms with Crippen molar-refractivity contribution in [2.75, 3.05) is 18.0 Å². The van der Waals surface area contributed by atoms with Gasteiger partial charge in [0.1, 0.15) is 18.3 Å². The average Bonchev–Trinajstić information content (AvgIpc) is 3.49. The Balaban J connectivity index is 1.72.